The molecule has 0 aromatic carbocycles. The molecular formula is C12H26O2. The van der Waals surface area contributed by atoms with E-state index in [4.69, 9.17) is 0 Å². The van der Waals surface area contributed by atoms with Gasteiger partial charge in [0.1, 0.15) is 0 Å². The van der Waals surface area contributed by atoms with Crippen molar-refractivity contribution < 1.29 is 10.2 Å². The molecule has 2 atom stereocenters. The first-order valence-corrected chi connectivity index (χ1v) is 5.84. The standard InChI is InChI=1S/C12H26O2/c1-5-7-8-11(14)12(6-2,9-13)10(3)4/h10-11,13-14H,5-9H2,1-4H3. The van der Waals surface area contributed by atoms with Crippen LogP contribution in [0.15, 0.2) is 0 Å². The minimum Gasteiger partial charge on any atom is -0.396 e. The summed E-state index contributed by atoms with van der Waals surface area (Å²) in [5, 5.41) is 19.6. The van der Waals surface area contributed by atoms with Crippen LogP contribution < -0.4 is 0 Å². The zero-order valence-corrected chi connectivity index (χ0v) is 10.1. The molecule has 0 aliphatic heterocycles. The van der Waals surface area contributed by atoms with E-state index in [-0.39, 0.29) is 18.1 Å². The Kier molecular flexibility index (Phi) is 6.38. The molecule has 0 rings (SSSR count). The van der Waals surface area contributed by atoms with Crippen LogP contribution in [0.4, 0.5) is 0 Å². The maximum atomic E-state index is 10.1. The quantitative estimate of drug-likeness (QED) is 0.666. The lowest BCUT2D eigenvalue weighted by Crippen LogP contribution is -2.42. The van der Waals surface area contributed by atoms with Crippen LogP contribution >= 0.6 is 0 Å². The van der Waals surface area contributed by atoms with Crippen LogP contribution in [0.3, 0.4) is 0 Å². The molecule has 0 aromatic heterocycles. The number of unbranched alkanes of at least 4 members (excludes halogenated alkanes) is 1. The van der Waals surface area contributed by atoms with Gasteiger partial charge in [-0.25, -0.2) is 0 Å². The van der Waals surface area contributed by atoms with Gasteiger partial charge in [0.2, 0.25) is 0 Å². The van der Waals surface area contributed by atoms with Crippen LogP contribution in [-0.2, 0) is 0 Å². The van der Waals surface area contributed by atoms with Crippen molar-refractivity contribution in [2.45, 2.75) is 59.5 Å². The lowest BCUT2D eigenvalue weighted by molar-refractivity contribution is -0.0571. The molecule has 0 saturated heterocycles. The van der Waals surface area contributed by atoms with E-state index in [1.807, 2.05) is 6.92 Å². The van der Waals surface area contributed by atoms with E-state index < -0.39 is 0 Å². The van der Waals surface area contributed by atoms with E-state index in [0.29, 0.717) is 5.92 Å². The van der Waals surface area contributed by atoms with Crippen molar-refractivity contribution in [1.29, 1.82) is 0 Å². The van der Waals surface area contributed by atoms with Crippen molar-refractivity contribution in [2.75, 3.05) is 6.61 Å². The van der Waals surface area contributed by atoms with Crippen LogP contribution in [0.25, 0.3) is 0 Å². The van der Waals surface area contributed by atoms with E-state index in [1.54, 1.807) is 0 Å². The Labute approximate surface area is 88.3 Å². The maximum absolute atomic E-state index is 10.1. The molecule has 14 heavy (non-hydrogen) atoms. The molecule has 0 amide bonds. The third-order valence-electron chi connectivity index (χ3n) is 3.60. The van der Waals surface area contributed by atoms with Gasteiger partial charge < -0.3 is 10.2 Å². The van der Waals surface area contributed by atoms with Crippen molar-refractivity contribution >= 4 is 0 Å². The molecule has 0 bridgehead atoms. The largest absolute Gasteiger partial charge is 0.396 e. The third kappa shape index (κ3) is 2.96. The van der Waals surface area contributed by atoms with Gasteiger partial charge in [0, 0.05) is 5.41 Å². The first-order valence-electron chi connectivity index (χ1n) is 5.84. The predicted octanol–water partition coefficient (Wildman–Crippen LogP) is 2.58. The molecule has 2 N–H and O–H groups in total. The summed E-state index contributed by atoms with van der Waals surface area (Å²) < 4.78 is 0. The van der Waals surface area contributed by atoms with Crippen LogP contribution in [0, 0.1) is 11.3 Å². The summed E-state index contributed by atoms with van der Waals surface area (Å²) in [5.41, 5.74) is -0.296. The molecule has 0 aromatic rings. The van der Waals surface area contributed by atoms with E-state index in [0.717, 1.165) is 25.7 Å². The number of aliphatic hydroxyl groups is 2. The molecule has 0 saturated carbocycles. The highest BCUT2D eigenvalue weighted by Gasteiger charge is 2.38. The van der Waals surface area contributed by atoms with Gasteiger partial charge >= 0.3 is 0 Å². The summed E-state index contributed by atoms with van der Waals surface area (Å²) in [6.45, 7) is 8.41. The second-order valence-electron chi connectivity index (χ2n) is 4.56. The van der Waals surface area contributed by atoms with Gasteiger partial charge in [-0.15, -0.1) is 0 Å². The Hall–Kier alpha value is -0.0800. The van der Waals surface area contributed by atoms with Crippen LogP contribution in [0.1, 0.15) is 53.4 Å². The highest BCUT2D eigenvalue weighted by molar-refractivity contribution is 4.87. The Bertz CT molecular complexity index is 139. The lowest BCUT2D eigenvalue weighted by atomic mass is 9.70. The Balaban J connectivity index is 4.45. The Morgan fingerprint density at radius 2 is 1.79 bits per heavy atom. The van der Waals surface area contributed by atoms with Gasteiger partial charge in [-0.05, 0) is 18.8 Å². The third-order valence-corrected chi connectivity index (χ3v) is 3.60. The minimum atomic E-state index is -0.363. The van der Waals surface area contributed by atoms with Crippen molar-refractivity contribution in [1.82, 2.24) is 0 Å². The molecular weight excluding hydrogens is 176 g/mol. The van der Waals surface area contributed by atoms with Gasteiger partial charge in [-0.2, -0.15) is 0 Å². The Morgan fingerprint density at radius 1 is 1.21 bits per heavy atom. The molecule has 0 aliphatic carbocycles. The second kappa shape index (κ2) is 6.41. The molecule has 86 valence electrons. The van der Waals surface area contributed by atoms with E-state index in [2.05, 4.69) is 20.8 Å². The molecule has 2 heteroatoms. The lowest BCUT2D eigenvalue weighted by Gasteiger charge is -2.39. The summed E-state index contributed by atoms with van der Waals surface area (Å²) in [6, 6.07) is 0. The molecule has 0 heterocycles. The number of hydrogen-bond donors (Lipinski definition) is 2. The second-order valence-corrected chi connectivity index (χ2v) is 4.56. The molecule has 2 unspecified atom stereocenters. The Morgan fingerprint density at radius 3 is 2.07 bits per heavy atom. The van der Waals surface area contributed by atoms with Crippen LogP contribution in [-0.4, -0.2) is 22.9 Å². The van der Waals surface area contributed by atoms with Crippen molar-refractivity contribution in [3.8, 4) is 0 Å². The normalized spacial score (nSPS) is 18.2. The fraction of sp³-hybridized carbons (Fsp3) is 1.00. The predicted molar refractivity (Wildman–Crippen MR) is 60.2 cm³/mol. The summed E-state index contributed by atoms with van der Waals surface area (Å²) >= 11 is 0. The van der Waals surface area contributed by atoms with Crippen molar-refractivity contribution in [3.63, 3.8) is 0 Å². The number of hydrogen-bond acceptors (Lipinski definition) is 2. The first kappa shape index (κ1) is 13.9. The zero-order valence-electron chi connectivity index (χ0n) is 10.1. The maximum Gasteiger partial charge on any atom is 0.0620 e. The van der Waals surface area contributed by atoms with Gasteiger partial charge in [-0.1, -0.05) is 40.5 Å². The fourth-order valence-electron chi connectivity index (χ4n) is 2.11. The fourth-order valence-corrected chi connectivity index (χ4v) is 2.11. The van der Waals surface area contributed by atoms with E-state index in [9.17, 15) is 10.2 Å². The molecule has 0 radical (unpaired) electrons. The number of rotatable bonds is 7. The average molecular weight is 202 g/mol. The summed E-state index contributed by atoms with van der Waals surface area (Å²) in [7, 11) is 0. The summed E-state index contributed by atoms with van der Waals surface area (Å²) in [6.07, 6.45) is 3.42. The molecule has 0 aliphatic rings. The van der Waals surface area contributed by atoms with Crippen LogP contribution in [0.2, 0.25) is 0 Å². The summed E-state index contributed by atoms with van der Waals surface area (Å²) in [4.78, 5) is 0. The monoisotopic (exact) mass is 202 g/mol. The number of aliphatic hydroxyl groups excluding tert-OH is 2. The molecule has 0 spiro atoms. The highest BCUT2D eigenvalue weighted by atomic mass is 16.3. The summed E-state index contributed by atoms with van der Waals surface area (Å²) in [5.74, 6) is 0.323. The smallest absolute Gasteiger partial charge is 0.0620 e. The van der Waals surface area contributed by atoms with Crippen molar-refractivity contribution in [3.05, 3.63) is 0 Å². The molecule has 0 fully saturated rings. The van der Waals surface area contributed by atoms with E-state index >= 15 is 0 Å². The van der Waals surface area contributed by atoms with Crippen molar-refractivity contribution in [2.24, 2.45) is 11.3 Å². The minimum absolute atomic E-state index is 0.0893. The van der Waals surface area contributed by atoms with Gasteiger partial charge in [0.25, 0.3) is 0 Å². The highest BCUT2D eigenvalue weighted by Crippen LogP contribution is 2.36. The van der Waals surface area contributed by atoms with Gasteiger partial charge in [0.15, 0.2) is 0 Å². The van der Waals surface area contributed by atoms with E-state index in [1.165, 1.54) is 0 Å². The average Bonchev–Trinajstić information content (AvgIpc) is 2.17. The SMILES string of the molecule is CCCCC(O)C(CC)(CO)C(C)C. The topological polar surface area (TPSA) is 40.5 Å². The first-order chi connectivity index (χ1) is 6.55. The zero-order chi connectivity index (χ0) is 11.2. The van der Waals surface area contributed by atoms with Gasteiger partial charge in [0.05, 0.1) is 12.7 Å². The van der Waals surface area contributed by atoms with Crippen LogP contribution in [0.5, 0.6) is 0 Å². The van der Waals surface area contributed by atoms with Gasteiger partial charge in [-0.3, -0.25) is 0 Å². The molecule has 2 nitrogen and oxygen atoms in total.